The van der Waals surface area contributed by atoms with E-state index in [9.17, 15) is 13.9 Å². The number of anilines is 1. The molecule has 7 heteroatoms. The van der Waals surface area contributed by atoms with Crippen LogP contribution in [0.4, 0.5) is 14.5 Å². The molecule has 0 aliphatic heterocycles. The van der Waals surface area contributed by atoms with Crippen LogP contribution in [-0.2, 0) is 13.0 Å². The number of aliphatic hydroxyl groups is 1. The zero-order valence-electron chi connectivity index (χ0n) is 15.8. The first kappa shape index (κ1) is 20.4. The first-order valence-corrected chi connectivity index (χ1v) is 9.87. The van der Waals surface area contributed by atoms with Crippen LogP contribution in [0.2, 0.25) is 0 Å². The Balaban J connectivity index is 2.09. The van der Waals surface area contributed by atoms with Gasteiger partial charge in [-0.25, -0.2) is 13.8 Å². The molecule has 1 aromatic heterocycles. The van der Waals surface area contributed by atoms with Gasteiger partial charge in [-0.3, -0.25) is 0 Å². The molecule has 3 rings (SSSR count). The highest BCUT2D eigenvalue weighted by atomic mass is 32.2. The third kappa shape index (κ3) is 4.72. The zero-order chi connectivity index (χ0) is 20.3. The van der Waals surface area contributed by atoms with Crippen LogP contribution in [0.15, 0.2) is 52.4 Å². The van der Waals surface area contributed by atoms with Crippen molar-refractivity contribution in [3.05, 3.63) is 71.2 Å². The lowest BCUT2D eigenvalue weighted by Crippen LogP contribution is -2.08. The van der Waals surface area contributed by atoms with E-state index in [0.29, 0.717) is 23.5 Å². The summed E-state index contributed by atoms with van der Waals surface area (Å²) in [4.78, 5) is 5.18. The molecule has 4 nitrogen and oxygen atoms in total. The smallest absolute Gasteiger partial charge is 0.127 e. The molecule has 28 heavy (non-hydrogen) atoms. The lowest BCUT2D eigenvalue weighted by molar-refractivity contribution is 0.294. The van der Waals surface area contributed by atoms with E-state index in [1.54, 1.807) is 0 Å². The highest BCUT2D eigenvalue weighted by Crippen LogP contribution is 2.36. The van der Waals surface area contributed by atoms with Crippen molar-refractivity contribution in [3.8, 4) is 0 Å². The quantitative estimate of drug-likeness (QED) is 0.566. The Morgan fingerprint density at radius 3 is 2.46 bits per heavy atom. The Hall–Kier alpha value is -2.38. The number of aliphatic hydroxyl groups excluding tert-OH is 1. The summed E-state index contributed by atoms with van der Waals surface area (Å²) in [6, 6.07) is 11.0. The Bertz CT molecular complexity index is 952. The van der Waals surface area contributed by atoms with E-state index >= 15 is 0 Å². The molecule has 0 bridgehead atoms. The standard InChI is InChI=1S/C21H23F2N3OS/c1-13(2)20-21(28-18-10-15(22)9-16(23)11-18)26(19(25-20)6-7-27)12-14-4-3-5-17(24)8-14/h3-5,8-11,13,27H,6-7,12,24H2,1-2H3. The van der Waals surface area contributed by atoms with E-state index in [1.807, 2.05) is 42.7 Å². The second-order valence-corrected chi connectivity index (χ2v) is 7.95. The van der Waals surface area contributed by atoms with Gasteiger partial charge in [0.25, 0.3) is 0 Å². The summed E-state index contributed by atoms with van der Waals surface area (Å²) in [6.45, 7) is 4.50. The van der Waals surface area contributed by atoms with Gasteiger partial charge in [0, 0.05) is 29.6 Å². The maximum absolute atomic E-state index is 13.7. The molecule has 0 saturated heterocycles. The maximum Gasteiger partial charge on any atom is 0.127 e. The molecular formula is C21H23F2N3OS. The number of aromatic nitrogens is 2. The first-order valence-electron chi connectivity index (χ1n) is 9.06. The number of nitrogens with zero attached hydrogens (tertiary/aromatic N) is 2. The number of imidazole rings is 1. The number of nitrogens with two attached hydrogens (primary N) is 1. The molecule has 0 saturated carbocycles. The summed E-state index contributed by atoms with van der Waals surface area (Å²) in [5.41, 5.74) is 8.38. The van der Waals surface area contributed by atoms with E-state index in [-0.39, 0.29) is 12.5 Å². The van der Waals surface area contributed by atoms with Gasteiger partial charge in [-0.1, -0.05) is 37.7 Å². The third-order valence-corrected chi connectivity index (χ3v) is 5.34. The average molecular weight is 403 g/mol. The van der Waals surface area contributed by atoms with Crippen molar-refractivity contribution in [2.24, 2.45) is 0 Å². The normalized spacial score (nSPS) is 11.4. The Morgan fingerprint density at radius 2 is 1.86 bits per heavy atom. The second kappa shape index (κ2) is 8.75. The Kier molecular flexibility index (Phi) is 6.36. The van der Waals surface area contributed by atoms with Crippen LogP contribution >= 0.6 is 11.8 Å². The minimum atomic E-state index is -0.619. The largest absolute Gasteiger partial charge is 0.399 e. The van der Waals surface area contributed by atoms with Gasteiger partial charge in [-0.05, 0) is 35.7 Å². The van der Waals surface area contributed by atoms with Crippen molar-refractivity contribution < 1.29 is 13.9 Å². The Morgan fingerprint density at radius 1 is 1.14 bits per heavy atom. The van der Waals surface area contributed by atoms with Gasteiger partial charge >= 0.3 is 0 Å². The minimum Gasteiger partial charge on any atom is -0.399 e. The van der Waals surface area contributed by atoms with Crippen molar-refractivity contribution in [1.82, 2.24) is 9.55 Å². The molecule has 0 atom stereocenters. The molecule has 0 aliphatic rings. The van der Waals surface area contributed by atoms with E-state index in [0.717, 1.165) is 28.2 Å². The van der Waals surface area contributed by atoms with Crippen LogP contribution < -0.4 is 5.73 Å². The average Bonchev–Trinajstić information content (AvgIpc) is 2.92. The number of nitrogen functional groups attached to an aromatic ring is 1. The minimum absolute atomic E-state index is 0.0375. The van der Waals surface area contributed by atoms with Crippen LogP contribution in [0.3, 0.4) is 0 Å². The number of benzene rings is 2. The Labute approximate surface area is 167 Å². The zero-order valence-corrected chi connectivity index (χ0v) is 16.6. The topological polar surface area (TPSA) is 64.1 Å². The summed E-state index contributed by atoms with van der Waals surface area (Å²) in [5, 5.41) is 10.3. The molecule has 2 aromatic carbocycles. The summed E-state index contributed by atoms with van der Waals surface area (Å²) in [5.74, 6) is -0.398. The second-order valence-electron chi connectivity index (χ2n) is 6.89. The van der Waals surface area contributed by atoms with Crippen molar-refractivity contribution in [2.75, 3.05) is 12.3 Å². The van der Waals surface area contributed by atoms with Gasteiger partial charge in [0.2, 0.25) is 0 Å². The molecule has 148 valence electrons. The molecule has 1 heterocycles. The van der Waals surface area contributed by atoms with Gasteiger partial charge in [-0.15, -0.1) is 0 Å². The van der Waals surface area contributed by atoms with Crippen LogP contribution in [0, 0.1) is 11.6 Å². The van der Waals surface area contributed by atoms with Crippen molar-refractivity contribution >= 4 is 17.4 Å². The summed E-state index contributed by atoms with van der Waals surface area (Å²) < 4.78 is 29.4. The monoisotopic (exact) mass is 403 g/mol. The maximum atomic E-state index is 13.7. The van der Waals surface area contributed by atoms with Crippen LogP contribution in [0.25, 0.3) is 0 Å². The number of hydrogen-bond donors (Lipinski definition) is 2. The van der Waals surface area contributed by atoms with Crippen LogP contribution in [0.5, 0.6) is 0 Å². The van der Waals surface area contributed by atoms with Crippen LogP contribution in [-0.4, -0.2) is 21.3 Å². The van der Waals surface area contributed by atoms with Crippen molar-refractivity contribution in [2.45, 2.75) is 42.7 Å². The molecule has 3 aromatic rings. The molecule has 0 aliphatic carbocycles. The highest BCUT2D eigenvalue weighted by molar-refractivity contribution is 7.99. The van der Waals surface area contributed by atoms with Gasteiger partial charge < -0.3 is 15.4 Å². The fourth-order valence-electron chi connectivity index (χ4n) is 3.01. The summed E-state index contributed by atoms with van der Waals surface area (Å²) >= 11 is 1.28. The SMILES string of the molecule is CC(C)c1nc(CCO)n(Cc2cccc(N)c2)c1Sc1cc(F)cc(F)c1. The van der Waals surface area contributed by atoms with Crippen LogP contribution in [0.1, 0.15) is 36.8 Å². The fourth-order valence-corrected chi connectivity index (χ4v) is 4.25. The summed E-state index contributed by atoms with van der Waals surface area (Å²) in [7, 11) is 0. The molecule has 0 unspecified atom stereocenters. The molecule has 0 spiro atoms. The van der Waals surface area contributed by atoms with Gasteiger partial charge in [0.15, 0.2) is 0 Å². The molecular weight excluding hydrogens is 380 g/mol. The van der Waals surface area contributed by atoms with E-state index < -0.39 is 11.6 Å². The van der Waals surface area contributed by atoms with Gasteiger partial charge in [0.05, 0.1) is 12.3 Å². The molecule has 0 radical (unpaired) electrons. The number of rotatable bonds is 7. The predicted molar refractivity (Wildman–Crippen MR) is 108 cm³/mol. The molecule has 0 fully saturated rings. The third-order valence-electron chi connectivity index (χ3n) is 4.25. The van der Waals surface area contributed by atoms with E-state index in [2.05, 4.69) is 0 Å². The van der Waals surface area contributed by atoms with E-state index in [4.69, 9.17) is 10.7 Å². The summed E-state index contributed by atoms with van der Waals surface area (Å²) in [6.07, 6.45) is 0.389. The first-order chi connectivity index (χ1) is 13.4. The van der Waals surface area contributed by atoms with Gasteiger partial charge in [0.1, 0.15) is 22.5 Å². The van der Waals surface area contributed by atoms with E-state index in [1.165, 1.54) is 23.9 Å². The fraction of sp³-hybridized carbons (Fsp3) is 0.286. The lowest BCUT2D eigenvalue weighted by atomic mass is 10.1. The lowest BCUT2D eigenvalue weighted by Gasteiger charge is -2.14. The van der Waals surface area contributed by atoms with Crippen molar-refractivity contribution in [1.29, 1.82) is 0 Å². The molecule has 0 amide bonds. The predicted octanol–water partition coefficient (Wildman–Crippen LogP) is 4.60. The number of hydrogen-bond acceptors (Lipinski definition) is 4. The molecule has 3 N–H and O–H groups in total. The van der Waals surface area contributed by atoms with Crippen molar-refractivity contribution in [3.63, 3.8) is 0 Å². The highest BCUT2D eigenvalue weighted by Gasteiger charge is 2.21. The number of halogens is 2. The van der Waals surface area contributed by atoms with Gasteiger partial charge in [-0.2, -0.15) is 0 Å².